The topological polar surface area (TPSA) is 104 Å². The number of aromatic nitrogens is 3. The van der Waals surface area contributed by atoms with Crippen molar-refractivity contribution in [3.8, 4) is 6.07 Å². The van der Waals surface area contributed by atoms with Gasteiger partial charge < -0.3 is 5.32 Å². The lowest BCUT2D eigenvalue weighted by molar-refractivity contribution is -0.115. The molecule has 0 fully saturated rings. The van der Waals surface area contributed by atoms with Gasteiger partial charge in [-0.1, -0.05) is 36.7 Å². The van der Waals surface area contributed by atoms with Crippen molar-refractivity contribution in [1.29, 1.82) is 5.26 Å². The van der Waals surface area contributed by atoms with E-state index in [4.69, 9.17) is 16.9 Å². The van der Waals surface area contributed by atoms with E-state index >= 15 is 0 Å². The third-order valence-electron chi connectivity index (χ3n) is 3.47. The van der Waals surface area contributed by atoms with E-state index in [0.29, 0.717) is 23.0 Å². The third-order valence-corrected chi connectivity index (χ3v) is 4.87. The molecule has 1 aromatic carbocycles. The monoisotopic (exact) mass is 379 g/mol. The van der Waals surface area contributed by atoms with Crippen LogP contribution in [0.15, 0.2) is 28.2 Å². The SMILES string of the molecule is CCCCn1c(S[C@@H](C)C(=O)Nc2ccc(C#N)c(Cl)c2)n[nH]c1=O. The fraction of sp³-hybridized carbons (Fsp3) is 0.375. The lowest BCUT2D eigenvalue weighted by Crippen LogP contribution is -2.24. The number of nitriles is 1. The number of amides is 1. The molecule has 132 valence electrons. The lowest BCUT2D eigenvalue weighted by atomic mass is 10.2. The lowest BCUT2D eigenvalue weighted by Gasteiger charge is -2.12. The third kappa shape index (κ3) is 4.87. The van der Waals surface area contributed by atoms with Crippen LogP contribution in [-0.4, -0.2) is 25.9 Å². The first-order chi connectivity index (χ1) is 12.0. The molecular weight excluding hydrogens is 362 g/mol. The number of H-pyrrole nitrogens is 1. The number of carbonyl (C=O) groups excluding carboxylic acids is 1. The maximum absolute atomic E-state index is 12.3. The van der Waals surface area contributed by atoms with Crippen molar-refractivity contribution in [3.05, 3.63) is 39.3 Å². The molecule has 0 unspecified atom stereocenters. The number of unbranched alkanes of at least 4 members (excludes halogenated alkanes) is 1. The molecule has 0 saturated heterocycles. The maximum atomic E-state index is 12.3. The predicted molar refractivity (Wildman–Crippen MR) is 97.9 cm³/mol. The Labute approximate surface area is 154 Å². The number of rotatable bonds is 7. The summed E-state index contributed by atoms with van der Waals surface area (Å²) in [6, 6.07) is 6.66. The Bertz CT molecular complexity index is 855. The van der Waals surface area contributed by atoms with Gasteiger partial charge in [0.2, 0.25) is 5.91 Å². The number of nitrogens with one attached hydrogen (secondary N) is 2. The Morgan fingerprint density at radius 2 is 2.32 bits per heavy atom. The van der Waals surface area contributed by atoms with Gasteiger partial charge in [0, 0.05) is 12.2 Å². The van der Waals surface area contributed by atoms with Crippen molar-refractivity contribution in [2.45, 2.75) is 43.6 Å². The summed E-state index contributed by atoms with van der Waals surface area (Å²) in [7, 11) is 0. The van der Waals surface area contributed by atoms with E-state index in [0.717, 1.165) is 12.8 Å². The molecule has 0 aliphatic carbocycles. The van der Waals surface area contributed by atoms with Crippen LogP contribution >= 0.6 is 23.4 Å². The summed E-state index contributed by atoms with van der Waals surface area (Å²) in [6.45, 7) is 4.33. The summed E-state index contributed by atoms with van der Waals surface area (Å²) >= 11 is 7.17. The molecular formula is C16H18ClN5O2S. The molecule has 0 aliphatic rings. The fourth-order valence-electron chi connectivity index (χ4n) is 2.05. The molecule has 1 heterocycles. The van der Waals surface area contributed by atoms with Gasteiger partial charge in [0.15, 0.2) is 5.16 Å². The molecule has 0 bridgehead atoms. The summed E-state index contributed by atoms with van der Waals surface area (Å²) in [5.74, 6) is -0.247. The summed E-state index contributed by atoms with van der Waals surface area (Å²) in [5, 5.41) is 18.3. The van der Waals surface area contributed by atoms with Gasteiger partial charge in [-0.2, -0.15) is 5.26 Å². The number of aromatic amines is 1. The van der Waals surface area contributed by atoms with Crippen LogP contribution < -0.4 is 11.0 Å². The molecule has 0 saturated carbocycles. The highest BCUT2D eigenvalue weighted by atomic mass is 35.5. The van der Waals surface area contributed by atoms with Gasteiger partial charge >= 0.3 is 5.69 Å². The Kier molecular flexibility index (Phi) is 6.67. The van der Waals surface area contributed by atoms with Crippen LogP contribution in [0, 0.1) is 11.3 Å². The predicted octanol–water partition coefficient (Wildman–Crippen LogP) is 3.02. The Morgan fingerprint density at radius 3 is 2.96 bits per heavy atom. The average molecular weight is 380 g/mol. The average Bonchev–Trinajstić information content (AvgIpc) is 2.92. The second-order valence-corrected chi connectivity index (χ2v) is 7.09. The fourth-order valence-corrected chi connectivity index (χ4v) is 3.15. The zero-order valence-electron chi connectivity index (χ0n) is 13.9. The standard InChI is InChI=1S/C16H18ClN5O2S/c1-3-4-7-22-15(24)20-21-16(22)25-10(2)14(23)19-12-6-5-11(9-18)13(17)8-12/h5-6,8,10H,3-4,7H2,1-2H3,(H,19,23)(H,20,24)/t10-/m0/s1. The van der Waals surface area contributed by atoms with E-state index in [-0.39, 0.29) is 16.6 Å². The van der Waals surface area contributed by atoms with Gasteiger partial charge in [-0.15, -0.1) is 5.10 Å². The number of anilines is 1. The summed E-state index contributed by atoms with van der Waals surface area (Å²) in [4.78, 5) is 24.1. The van der Waals surface area contributed by atoms with Gasteiger partial charge in [0.25, 0.3) is 0 Å². The minimum Gasteiger partial charge on any atom is -0.325 e. The van der Waals surface area contributed by atoms with Crippen molar-refractivity contribution < 1.29 is 4.79 Å². The second-order valence-electron chi connectivity index (χ2n) is 5.37. The van der Waals surface area contributed by atoms with E-state index in [1.165, 1.54) is 22.4 Å². The maximum Gasteiger partial charge on any atom is 0.343 e. The molecule has 9 heteroatoms. The van der Waals surface area contributed by atoms with Gasteiger partial charge in [-0.25, -0.2) is 9.89 Å². The highest BCUT2D eigenvalue weighted by Crippen LogP contribution is 2.24. The number of halogens is 1. The van der Waals surface area contributed by atoms with Crippen molar-refractivity contribution in [3.63, 3.8) is 0 Å². The summed E-state index contributed by atoms with van der Waals surface area (Å²) in [5.41, 5.74) is 0.577. The molecule has 0 aliphatic heterocycles. The van der Waals surface area contributed by atoms with E-state index in [2.05, 4.69) is 15.5 Å². The first-order valence-corrected chi connectivity index (χ1v) is 9.04. The van der Waals surface area contributed by atoms with Crippen molar-refractivity contribution >= 4 is 35.0 Å². The highest BCUT2D eigenvalue weighted by Gasteiger charge is 2.19. The minimum atomic E-state index is -0.468. The number of thioether (sulfide) groups is 1. The molecule has 2 N–H and O–H groups in total. The smallest absolute Gasteiger partial charge is 0.325 e. The van der Waals surface area contributed by atoms with Crippen LogP contribution in [0.2, 0.25) is 5.02 Å². The molecule has 0 radical (unpaired) electrons. The molecule has 1 amide bonds. The van der Waals surface area contributed by atoms with Crippen molar-refractivity contribution in [2.24, 2.45) is 0 Å². The number of carbonyl (C=O) groups is 1. The molecule has 1 atom stereocenters. The number of benzene rings is 1. The minimum absolute atomic E-state index is 0.247. The van der Waals surface area contributed by atoms with Crippen molar-refractivity contribution in [1.82, 2.24) is 14.8 Å². The van der Waals surface area contributed by atoms with Crippen LogP contribution in [0.3, 0.4) is 0 Å². The number of hydrogen-bond donors (Lipinski definition) is 2. The van der Waals surface area contributed by atoms with E-state index < -0.39 is 5.25 Å². The van der Waals surface area contributed by atoms with Crippen LogP contribution in [0.4, 0.5) is 5.69 Å². The second kappa shape index (κ2) is 8.74. The zero-order chi connectivity index (χ0) is 18.4. The zero-order valence-corrected chi connectivity index (χ0v) is 15.4. The molecule has 2 rings (SSSR count). The van der Waals surface area contributed by atoms with Crippen LogP contribution in [-0.2, 0) is 11.3 Å². The summed E-state index contributed by atoms with van der Waals surface area (Å²) in [6.07, 6.45) is 1.81. The molecule has 25 heavy (non-hydrogen) atoms. The number of nitrogens with zero attached hydrogens (tertiary/aromatic N) is 3. The summed E-state index contributed by atoms with van der Waals surface area (Å²) < 4.78 is 1.54. The van der Waals surface area contributed by atoms with Gasteiger partial charge in [-0.3, -0.25) is 9.36 Å². The number of hydrogen-bond acceptors (Lipinski definition) is 5. The quantitative estimate of drug-likeness (QED) is 0.719. The van der Waals surface area contributed by atoms with Gasteiger partial charge in [0.1, 0.15) is 6.07 Å². The highest BCUT2D eigenvalue weighted by molar-refractivity contribution is 8.00. The first-order valence-electron chi connectivity index (χ1n) is 7.78. The van der Waals surface area contributed by atoms with Gasteiger partial charge in [0.05, 0.1) is 15.8 Å². The van der Waals surface area contributed by atoms with Crippen molar-refractivity contribution in [2.75, 3.05) is 5.32 Å². The molecule has 1 aromatic heterocycles. The van der Waals surface area contributed by atoms with E-state index in [9.17, 15) is 9.59 Å². The molecule has 0 spiro atoms. The molecule has 7 nitrogen and oxygen atoms in total. The van der Waals surface area contributed by atoms with E-state index in [1.807, 2.05) is 13.0 Å². The Balaban J connectivity index is 2.05. The Morgan fingerprint density at radius 1 is 1.56 bits per heavy atom. The van der Waals surface area contributed by atoms with Gasteiger partial charge in [-0.05, 0) is 31.5 Å². The van der Waals surface area contributed by atoms with Crippen LogP contribution in [0.25, 0.3) is 0 Å². The first kappa shape index (κ1) is 19.1. The largest absolute Gasteiger partial charge is 0.343 e. The van der Waals surface area contributed by atoms with Crippen LogP contribution in [0.1, 0.15) is 32.3 Å². The molecule has 2 aromatic rings. The normalized spacial score (nSPS) is 11.8. The van der Waals surface area contributed by atoms with E-state index in [1.54, 1.807) is 19.1 Å². The van der Waals surface area contributed by atoms with Crippen LogP contribution in [0.5, 0.6) is 0 Å². The Hall–Kier alpha value is -2.24.